The molecule has 3 aliphatic rings. The molecular formula is C15H17N5OS. The topological polar surface area (TPSA) is 62.6 Å². The predicted molar refractivity (Wildman–Crippen MR) is 86.3 cm³/mol. The molecule has 0 aromatic carbocycles. The molecule has 3 aliphatic heterocycles. The molecule has 22 heavy (non-hydrogen) atoms. The van der Waals surface area contributed by atoms with E-state index in [-0.39, 0.29) is 5.60 Å². The number of anilines is 1. The second kappa shape index (κ2) is 4.63. The van der Waals surface area contributed by atoms with Crippen molar-refractivity contribution in [3.05, 3.63) is 18.3 Å². The van der Waals surface area contributed by atoms with Crippen LogP contribution in [0.25, 0.3) is 10.3 Å². The lowest BCUT2D eigenvalue weighted by Gasteiger charge is -2.28. The van der Waals surface area contributed by atoms with Gasteiger partial charge in [0.2, 0.25) is 0 Å². The van der Waals surface area contributed by atoms with Gasteiger partial charge in [0.05, 0.1) is 6.54 Å². The second-order valence-electron chi connectivity index (χ2n) is 6.33. The minimum Gasteiger partial charge on any atom is -0.455 e. The van der Waals surface area contributed by atoms with Crippen molar-refractivity contribution >= 4 is 32.8 Å². The molecule has 2 saturated heterocycles. The quantitative estimate of drug-likeness (QED) is 0.871. The first-order valence-electron chi connectivity index (χ1n) is 7.75. The number of nitrogens with one attached hydrogen (secondary N) is 1. The van der Waals surface area contributed by atoms with Crippen molar-refractivity contribution in [3.63, 3.8) is 0 Å². The largest absolute Gasteiger partial charge is 0.455 e. The van der Waals surface area contributed by atoms with Gasteiger partial charge in [0.25, 0.3) is 6.02 Å². The normalized spacial score (nSPS) is 33.2. The van der Waals surface area contributed by atoms with E-state index in [0.717, 1.165) is 35.1 Å². The Morgan fingerprint density at radius 1 is 1.45 bits per heavy atom. The van der Waals surface area contributed by atoms with Gasteiger partial charge >= 0.3 is 0 Å². The van der Waals surface area contributed by atoms with Crippen LogP contribution in [0.1, 0.15) is 12.8 Å². The molecule has 1 spiro atoms. The number of amidine groups is 1. The maximum absolute atomic E-state index is 6.27. The number of rotatable bonds is 1. The summed E-state index contributed by atoms with van der Waals surface area (Å²) in [4.78, 5) is 16.9. The van der Waals surface area contributed by atoms with Gasteiger partial charge < -0.3 is 4.74 Å². The first kappa shape index (κ1) is 12.8. The Kier molecular flexibility index (Phi) is 2.69. The molecule has 0 amide bonds. The van der Waals surface area contributed by atoms with Crippen LogP contribution in [0.5, 0.6) is 0 Å². The van der Waals surface area contributed by atoms with Crippen molar-refractivity contribution in [1.29, 1.82) is 0 Å². The number of nitrogens with zero attached hydrogens (tertiary/aromatic N) is 4. The zero-order valence-corrected chi connectivity index (χ0v) is 13.0. The van der Waals surface area contributed by atoms with E-state index in [2.05, 4.69) is 25.2 Å². The standard InChI is InChI=1S/C15H17N5OS/c1-4-11-12(16-5-1)22-14(18-11)19-13-17-8-15(21-13)9-20-6-2-3-10(15)7-20/h1,4-5,10H,2-3,6-9H2,(H,17,18,19)/t10-,15+/m1/s1. The van der Waals surface area contributed by atoms with Crippen molar-refractivity contribution in [2.75, 3.05) is 31.5 Å². The summed E-state index contributed by atoms with van der Waals surface area (Å²) < 4.78 is 6.27. The molecule has 0 saturated carbocycles. The smallest absolute Gasteiger partial charge is 0.291 e. The number of hydrogen-bond donors (Lipinski definition) is 1. The fourth-order valence-corrected chi connectivity index (χ4v) is 4.67. The first-order valence-corrected chi connectivity index (χ1v) is 8.57. The summed E-state index contributed by atoms with van der Waals surface area (Å²) in [7, 11) is 0. The molecule has 2 bridgehead atoms. The van der Waals surface area contributed by atoms with Gasteiger partial charge in [-0.05, 0) is 31.5 Å². The van der Waals surface area contributed by atoms with E-state index in [0.29, 0.717) is 11.9 Å². The number of fused-ring (bicyclic) bond motifs is 4. The number of pyridine rings is 1. The summed E-state index contributed by atoms with van der Waals surface area (Å²) in [5.41, 5.74) is 0.805. The first-order chi connectivity index (χ1) is 10.8. The zero-order valence-electron chi connectivity index (χ0n) is 12.2. The highest BCUT2D eigenvalue weighted by Crippen LogP contribution is 2.40. The van der Waals surface area contributed by atoms with E-state index >= 15 is 0 Å². The number of ether oxygens (including phenoxy) is 1. The van der Waals surface area contributed by atoms with Crippen LogP contribution >= 0.6 is 11.3 Å². The molecule has 5 rings (SSSR count). The number of hydrogen-bond acceptors (Lipinski definition) is 7. The van der Waals surface area contributed by atoms with Gasteiger partial charge in [0, 0.05) is 25.2 Å². The summed E-state index contributed by atoms with van der Waals surface area (Å²) in [5.74, 6) is 0.612. The highest BCUT2D eigenvalue weighted by Gasteiger charge is 2.53. The second-order valence-corrected chi connectivity index (χ2v) is 7.31. The summed E-state index contributed by atoms with van der Waals surface area (Å²) in [6.45, 7) is 4.13. The Balaban J connectivity index is 1.35. The summed E-state index contributed by atoms with van der Waals surface area (Å²) in [6, 6.07) is 4.49. The van der Waals surface area contributed by atoms with Gasteiger partial charge in [0.15, 0.2) is 5.13 Å². The fraction of sp³-hybridized carbons (Fsp3) is 0.533. The SMILES string of the molecule is c1cnc2sc(NC3=NC[C@@]4(CN5CCC[C@@H]4C5)O3)nc2c1. The predicted octanol–water partition coefficient (Wildman–Crippen LogP) is 1.95. The Morgan fingerprint density at radius 3 is 3.36 bits per heavy atom. The number of piperidine rings is 1. The van der Waals surface area contributed by atoms with Crippen LogP contribution in [0.3, 0.4) is 0 Å². The third-order valence-corrected chi connectivity index (χ3v) is 5.81. The molecule has 0 aliphatic carbocycles. The van der Waals surface area contributed by atoms with Crippen molar-refractivity contribution < 1.29 is 4.74 Å². The highest BCUT2D eigenvalue weighted by molar-refractivity contribution is 7.21. The summed E-state index contributed by atoms with van der Waals surface area (Å²) in [5, 5.41) is 4.04. The van der Waals surface area contributed by atoms with Crippen LogP contribution in [0.2, 0.25) is 0 Å². The third-order valence-electron chi connectivity index (χ3n) is 4.91. The maximum atomic E-state index is 6.27. The number of thiazole rings is 1. The van der Waals surface area contributed by atoms with Gasteiger partial charge in [-0.25, -0.2) is 15.0 Å². The molecule has 2 aromatic heterocycles. The highest BCUT2D eigenvalue weighted by atomic mass is 32.1. The lowest BCUT2D eigenvalue weighted by atomic mass is 9.87. The van der Waals surface area contributed by atoms with Crippen LogP contribution < -0.4 is 5.32 Å². The molecule has 3 atom stereocenters. The Hall–Kier alpha value is -1.73. The Bertz CT molecular complexity index is 726. The van der Waals surface area contributed by atoms with E-state index in [1.807, 2.05) is 12.1 Å². The Labute approximate surface area is 132 Å². The average Bonchev–Trinajstić information content (AvgIpc) is 3.17. The number of aliphatic imine (C=N–C) groups is 1. The van der Waals surface area contributed by atoms with Crippen molar-refractivity contribution in [3.8, 4) is 0 Å². The molecule has 5 heterocycles. The molecule has 1 N–H and O–H groups in total. The average molecular weight is 315 g/mol. The molecule has 0 radical (unpaired) electrons. The van der Waals surface area contributed by atoms with E-state index in [9.17, 15) is 0 Å². The van der Waals surface area contributed by atoms with Gasteiger partial charge in [-0.3, -0.25) is 10.2 Å². The molecule has 114 valence electrons. The van der Waals surface area contributed by atoms with Crippen LogP contribution in [0, 0.1) is 5.92 Å². The van der Waals surface area contributed by atoms with E-state index in [1.54, 1.807) is 6.20 Å². The van der Waals surface area contributed by atoms with Crippen LogP contribution in [0.4, 0.5) is 5.13 Å². The lowest BCUT2D eigenvalue weighted by molar-refractivity contribution is 0.0588. The van der Waals surface area contributed by atoms with Gasteiger partial charge in [-0.2, -0.15) is 0 Å². The summed E-state index contributed by atoms with van der Waals surface area (Å²) >= 11 is 1.53. The van der Waals surface area contributed by atoms with Crippen molar-refractivity contribution in [2.45, 2.75) is 18.4 Å². The maximum Gasteiger partial charge on any atom is 0.291 e. The van der Waals surface area contributed by atoms with Gasteiger partial charge in [0.1, 0.15) is 15.9 Å². The third kappa shape index (κ3) is 1.92. The van der Waals surface area contributed by atoms with E-state index < -0.39 is 0 Å². The summed E-state index contributed by atoms with van der Waals surface area (Å²) in [6.07, 6.45) is 4.32. The van der Waals surface area contributed by atoms with E-state index in [1.165, 1.54) is 30.7 Å². The lowest BCUT2D eigenvalue weighted by Crippen LogP contribution is -2.41. The van der Waals surface area contributed by atoms with Gasteiger partial charge in [-0.1, -0.05) is 11.3 Å². The van der Waals surface area contributed by atoms with Crippen molar-refractivity contribution in [2.24, 2.45) is 10.9 Å². The van der Waals surface area contributed by atoms with Crippen LogP contribution in [0.15, 0.2) is 23.3 Å². The fourth-order valence-electron chi connectivity index (χ4n) is 3.87. The minimum absolute atomic E-state index is 0.103. The molecule has 6 nitrogen and oxygen atoms in total. The Morgan fingerprint density at radius 2 is 2.45 bits per heavy atom. The monoisotopic (exact) mass is 315 g/mol. The van der Waals surface area contributed by atoms with E-state index in [4.69, 9.17) is 4.74 Å². The molecular weight excluding hydrogens is 298 g/mol. The van der Waals surface area contributed by atoms with Crippen LogP contribution in [-0.4, -0.2) is 52.7 Å². The minimum atomic E-state index is -0.103. The zero-order chi connectivity index (χ0) is 14.6. The molecule has 2 aromatic rings. The van der Waals surface area contributed by atoms with Crippen molar-refractivity contribution in [1.82, 2.24) is 14.9 Å². The molecule has 2 fully saturated rings. The molecule has 1 unspecified atom stereocenters. The van der Waals surface area contributed by atoms with Gasteiger partial charge in [-0.15, -0.1) is 0 Å². The van der Waals surface area contributed by atoms with Crippen LogP contribution in [-0.2, 0) is 4.74 Å². The molecule has 7 heteroatoms. The number of aromatic nitrogens is 2.